The van der Waals surface area contributed by atoms with Gasteiger partial charge in [0.15, 0.2) is 0 Å². The number of aryl methyl sites for hydroxylation is 2. The fourth-order valence-electron chi connectivity index (χ4n) is 1.75. The molecule has 1 aromatic heterocycles. The standard InChI is InChI=1S/C12H12BrClN2/c1-6-5-9(13)11-8(10(6)14)4-7(2)12(15-3)16-11/h4-5H,1-3H3,(H,15,16). The largest absolute Gasteiger partial charge is 0.373 e. The van der Waals surface area contributed by atoms with E-state index in [1.54, 1.807) is 0 Å². The van der Waals surface area contributed by atoms with Crippen LogP contribution in [0.5, 0.6) is 0 Å². The number of hydrogen-bond donors (Lipinski definition) is 1. The van der Waals surface area contributed by atoms with Gasteiger partial charge in [-0.15, -0.1) is 0 Å². The predicted molar refractivity (Wildman–Crippen MR) is 73.5 cm³/mol. The summed E-state index contributed by atoms with van der Waals surface area (Å²) < 4.78 is 0.973. The van der Waals surface area contributed by atoms with Gasteiger partial charge in [-0.25, -0.2) is 4.98 Å². The van der Waals surface area contributed by atoms with E-state index in [-0.39, 0.29) is 0 Å². The molecular formula is C12H12BrClN2. The second-order valence-corrected chi connectivity index (χ2v) is 5.02. The molecule has 4 heteroatoms. The molecule has 0 aliphatic rings. The van der Waals surface area contributed by atoms with Crippen molar-refractivity contribution in [2.75, 3.05) is 12.4 Å². The van der Waals surface area contributed by atoms with E-state index in [9.17, 15) is 0 Å². The first-order valence-electron chi connectivity index (χ1n) is 4.98. The van der Waals surface area contributed by atoms with Crippen molar-refractivity contribution in [2.24, 2.45) is 0 Å². The summed E-state index contributed by atoms with van der Waals surface area (Å²) in [6.45, 7) is 4.01. The predicted octanol–water partition coefficient (Wildman–Crippen LogP) is 4.31. The van der Waals surface area contributed by atoms with Crippen LogP contribution in [0, 0.1) is 13.8 Å². The highest BCUT2D eigenvalue weighted by Crippen LogP contribution is 2.33. The Balaban J connectivity index is 2.90. The SMILES string of the molecule is CNc1nc2c(Br)cc(C)c(Cl)c2cc1C. The lowest BCUT2D eigenvalue weighted by Crippen LogP contribution is -1.97. The molecule has 0 amide bonds. The fraction of sp³-hybridized carbons (Fsp3) is 0.250. The summed E-state index contributed by atoms with van der Waals surface area (Å²) >= 11 is 9.81. The molecular weight excluding hydrogens is 288 g/mol. The Bertz CT molecular complexity index is 567. The molecule has 0 unspecified atom stereocenters. The normalized spacial score (nSPS) is 10.8. The summed E-state index contributed by atoms with van der Waals surface area (Å²) in [5, 5.41) is 4.84. The first-order valence-corrected chi connectivity index (χ1v) is 6.15. The summed E-state index contributed by atoms with van der Waals surface area (Å²) in [4.78, 5) is 4.55. The number of anilines is 1. The number of fused-ring (bicyclic) bond motifs is 1. The van der Waals surface area contributed by atoms with Gasteiger partial charge >= 0.3 is 0 Å². The zero-order valence-corrected chi connectivity index (χ0v) is 11.7. The van der Waals surface area contributed by atoms with Gasteiger partial charge in [-0.3, -0.25) is 0 Å². The Morgan fingerprint density at radius 1 is 1.25 bits per heavy atom. The van der Waals surface area contributed by atoms with E-state index < -0.39 is 0 Å². The second-order valence-electron chi connectivity index (χ2n) is 3.79. The minimum absolute atomic E-state index is 0.774. The van der Waals surface area contributed by atoms with Crippen LogP contribution in [0.25, 0.3) is 10.9 Å². The molecule has 16 heavy (non-hydrogen) atoms. The highest BCUT2D eigenvalue weighted by atomic mass is 79.9. The van der Waals surface area contributed by atoms with Crippen molar-refractivity contribution in [3.05, 3.63) is 32.8 Å². The number of rotatable bonds is 1. The van der Waals surface area contributed by atoms with Gasteiger partial charge < -0.3 is 5.32 Å². The Kier molecular flexibility index (Phi) is 3.08. The van der Waals surface area contributed by atoms with Gasteiger partial charge in [0.1, 0.15) is 5.82 Å². The maximum absolute atomic E-state index is 6.28. The maximum atomic E-state index is 6.28. The average Bonchev–Trinajstić information content (AvgIpc) is 2.25. The van der Waals surface area contributed by atoms with Crippen LogP contribution in [0.15, 0.2) is 16.6 Å². The number of nitrogens with zero attached hydrogens (tertiary/aromatic N) is 1. The number of halogens is 2. The molecule has 0 atom stereocenters. The number of pyridine rings is 1. The lowest BCUT2D eigenvalue weighted by Gasteiger charge is -2.10. The third-order valence-electron chi connectivity index (χ3n) is 2.60. The van der Waals surface area contributed by atoms with E-state index in [4.69, 9.17) is 11.6 Å². The molecule has 1 heterocycles. The zero-order chi connectivity index (χ0) is 11.9. The van der Waals surface area contributed by atoms with Gasteiger partial charge in [-0.05, 0) is 53.0 Å². The molecule has 84 valence electrons. The fourth-order valence-corrected chi connectivity index (χ4v) is 2.59. The van der Waals surface area contributed by atoms with Crippen LogP contribution >= 0.6 is 27.5 Å². The van der Waals surface area contributed by atoms with Crippen molar-refractivity contribution in [1.82, 2.24) is 4.98 Å². The van der Waals surface area contributed by atoms with Crippen LogP contribution in [0.3, 0.4) is 0 Å². The number of benzene rings is 1. The lowest BCUT2D eigenvalue weighted by molar-refractivity contribution is 1.28. The van der Waals surface area contributed by atoms with Crippen LogP contribution in [-0.2, 0) is 0 Å². The zero-order valence-electron chi connectivity index (χ0n) is 9.36. The second kappa shape index (κ2) is 4.22. The van der Waals surface area contributed by atoms with Gasteiger partial charge in [0, 0.05) is 16.9 Å². The van der Waals surface area contributed by atoms with E-state index in [0.717, 1.165) is 37.3 Å². The van der Waals surface area contributed by atoms with Crippen LogP contribution in [0.2, 0.25) is 5.02 Å². The average molecular weight is 300 g/mol. The Morgan fingerprint density at radius 2 is 1.94 bits per heavy atom. The summed E-state index contributed by atoms with van der Waals surface area (Å²) in [6, 6.07) is 4.06. The van der Waals surface area contributed by atoms with Gasteiger partial charge in [-0.1, -0.05) is 11.6 Å². The molecule has 2 aromatic rings. The molecule has 2 rings (SSSR count). The molecule has 1 N–H and O–H groups in total. The molecule has 0 bridgehead atoms. The quantitative estimate of drug-likeness (QED) is 0.849. The Hall–Kier alpha value is -0.800. The first kappa shape index (κ1) is 11.7. The van der Waals surface area contributed by atoms with E-state index in [1.165, 1.54) is 0 Å². The summed E-state index contributed by atoms with van der Waals surface area (Å²) in [7, 11) is 1.87. The molecule has 0 aliphatic carbocycles. The highest BCUT2D eigenvalue weighted by molar-refractivity contribution is 9.10. The molecule has 0 fully saturated rings. The molecule has 2 nitrogen and oxygen atoms in total. The van der Waals surface area contributed by atoms with Gasteiger partial charge in [-0.2, -0.15) is 0 Å². The van der Waals surface area contributed by atoms with Crippen molar-refractivity contribution in [3.8, 4) is 0 Å². The van der Waals surface area contributed by atoms with Crippen molar-refractivity contribution >= 4 is 44.3 Å². The Morgan fingerprint density at radius 3 is 2.56 bits per heavy atom. The van der Waals surface area contributed by atoms with E-state index in [1.807, 2.05) is 27.0 Å². The molecule has 1 aromatic carbocycles. The molecule has 0 aliphatic heterocycles. The topological polar surface area (TPSA) is 24.9 Å². The van der Waals surface area contributed by atoms with Crippen LogP contribution in [0.1, 0.15) is 11.1 Å². The monoisotopic (exact) mass is 298 g/mol. The smallest absolute Gasteiger partial charge is 0.129 e. The van der Waals surface area contributed by atoms with E-state index in [0.29, 0.717) is 0 Å². The Labute approximate surface area is 108 Å². The van der Waals surface area contributed by atoms with Gasteiger partial charge in [0.05, 0.1) is 10.5 Å². The summed E-state index contributed by atoms with van der Waals surface area (Å²) in [5.74, 6) is 0.883. The molecule has 0 spiro atoms. The first-order chi connectivity index (χ1) is 7.54. The molecule has 0 radical (unpaired) electrons. The minimum Gasteiger partial charge on any atom is -0.373 e. The third kappa shape index (κ3) is 1.78. The van der Waals surface area contributed by atoms with Crippen LogP contribution in [0.4, 0.5) is 5.82 Å². The molecule has 0 saturated heterocycles. The number of nitrogens with one attached hydrogen (secondary N) is 1. The van der Waals surface area contributed by atoms with Gasteiger partial charge in [0.25, 0.3) is 0 Å². The summed E-state index contributed by atoms with van der Waals surface area (Å²) in [5.41, 5.74) is 3.04. The van der Waals surface area contributed by atoms with Gasteiger partial charge in [0.2, 0.25) is 0 Å². The highest BCUT2D eigenvalue weighted by Gasteiger charge is 2.10. The number of hydrogen-bond acceptors (Lipinski definition) is 2. The number of aromatic nitrogens is 1. The lowest BCUT2D eigenvalue weighted by atomic mass is 10.1. The van der Waals surface area contributed by atoms with E-state index >= 15 is 0 Å². The minimum atomic E-state index is 0.774. The van der Waals surface area contributed by atoms with Crippen LogP contribution in [-0.4, -0.2) is 12.0 Å². The molecule has 0 saturated carbocycles. The van der Waals surface area contributed by atoms with E-state index in [2.05, 4.69) is 32.3 Å². The maximum Gasteiger partial charge on any atom is 0.129 e. The summed E-state index contributed by atoms with van der Waals surface area (Å²) in [6.07, 6.45) is 0. The van der Waals surface area contributed by atoms with Crippen molar-refractivity contribution in [2.45, 2.75) is 13.8 Å². The third-order valence-corrected chi connectivity index (χ3v) is 3.71. The van der Waals surface area contributed by atoms with Crippen molar-refractivity contribution in [1.29, 1.82) is 0 Å². The van der Waals surface area contributed by atoms with Crippen LogP contribution < -0.4 is 5.32 Å². The van der Waals surface area contributed by atoms with Crippen molar-refractivity contribution < 1.29 is 0 Å². The van der Waals surface area contributed by atoms with Crippen molar-refractivity contribution in [3.63, 3.8) is 0 Å².